The first-order valence-corrected chi connectivity index (χ1v) is 11.0. The molecule has 1 aromatic heterocycles. The standard InChI is InChI=1S/C24H29N3O5/c1-3-12-32-22-13-16(4-7-21(22)31-2)15-26-10-8-18(9-11-26)27-20-6-5-17(23(28)29)14-19(20)25-24(27)30/h4-7,13-14,18H,3,8-12,15H2,1-2H3,(H,25,30)(H,28,29). The molecular weight excluding hydrogens is 410 g/mol. The van der Waals surface area contributed by atoms with Gasteiger partial charge in [-0.1, -0.05) is 13.0 Å². The van der Waals surface area contributed by atoms with Gasteiger partial charge in [-0.15, -0.1) is 0 Å². The molecule has 2 aromatic carbocycles. The van der Waals surface area contributed by atoms with Crippen molar-refractivity contribution in [2.24, 2.45) is 0 Å². The molecule has 1 aliphatic rings. The number of aromatic carboxylic acids is 1. The number of H-pyrrole nitrogens is 1. The number of fused-ring (bicyclic) bond motifs is 1. The Labute approximate surface area is 186 Å². The van der Waals surface area contributed by atoms with Crippen LogP contribution in [-0.4, -0.2) is 52.3 Å². The molecule has 0 unspecified atom stereocenters. The summed E-state index contributed by atoms with van der Waals surface area (Å²) < 4.78 is 13.0. The summed E-state index contributed by atoms with van der Waals surface area (Å²) in [5.41, 5.74) is 2.47. The van der Waals surface area contributed by atoms with Crippen molar-refractivity contribution in [3.63, 3.8) is 0 Å². The topological polar surface area (TPSA) is 96.8 Å². The van der Waals surface area contributed by atoms with Gasteiger partial charge >= 0.3 is 11.7 Å². The zero-order valence-corrected chi connectivity index (χ0v) is 18.5. The SMILES string of the molecule is CCCOc1cc(CN2CCC(n3c(=O)[nH]c4cc(C(=O)O)ccc43)CC2)ccc1OC. The van der Waals surface area contributed by atoms with Crippen LogP contribution in [0.2, 0.25) is 0 Å². The van der Waals surface area contributed by atoms with E-state index in [2.05, 4.69) is 22.9 Å². The number of carboxylic acid groups (broad SMARTS) is 1. The number of nitrogens with one attached hydrogen (secondary N) is 1. The third kappa shape index (κ3) is 4.50. The van der Waals surface area contributed by atoms with Gasteiger partial charge in [0, 0.05) is 25.7 Å². The Kier molecular flexibility index (Phi) is 6.50. The fourth-order valence-electron chi connectivity index (χ4n) is 4.36. The minimum absolute atomic E-state index is 0.0856. The molecule has 1 saturated heterocycles. The number of nitrogens with zero attached hydrogens (tertiary/aromatic N) is 2. The number of likely N-dealkylation sites (tertiary alicyclic amines) is 1. The van der Waals surface area contributed by atoms with Gasteiger partial charge in [-0.05, 0) is 55.2 Å². The van der Waals surface area contributed by atoms with Crippen LogP contribution in [-0.2, 0) is 6.54 Å². The van der Waals surface area contributed by atoms with Crippen molar-refractivity contribution in [3.05, 3.63) is 58.0 Å². The maximum Gasteiger partial charge on any atom is 0.335 e. The van der Waals surface area contributed by atoms with E-state index in [4.69, 9.17) is 9.47 Å². The minimum Gasteiger partial charge on any atom is -0.493 e. The van der Waals surface area contributed by atoms with Gasteiger partial charge in [0.05, 0.1) is 30.3 Å². The largest absolute Gasteiger partial charge is 0.493 e. The van der Waals surface area contributed by atoms with Crippen LogP contribution in [0, 0.1) is 0 Å². The molecule has 1 aliphatic heterocycles. The van der Waals surface area contributed by atoms with E-state index in [1.54, 1.807) is 23.8 Å². The number of carboxylic acids is 1. The predicted molar refractivity (Wildman–Crippen MR) is 122 cm³/mol. The van der Waals surface area contributed by atoms with E-state index in [9.17, 15) is 14.7 Å². The Bertz CT molecular complexity index is 1160. The van der Waals surface area contributed by atoms with Gasteiger partial charge in [0.1, 0.15) is 0 Å². The number of aromatic nitrogens is 2. The lowest BCUT2D eigenvalue weighted by Crippen LogP contribution is -2.36. The van der Waals surface area contributed by atoms with Gasteiger partial charge in [0.25, 0.3) is 0 Å². The molecule has 0 saturated carbocycles. The molecule has 3 aromatic rings. The van der Waals surface area contributed by atoms with Gasteiger partial charge in [-0.3, -0.25) is 9.47 Å². The molecular formula is C24H29N3O5. The Morgan fingerprint density at radius 1 is 1.16 bits per heavy atom. The van der Waals surface area contributed by atoms with Crippen LogP contribution in [0.15, 0.2) is 41.2 Å². The molecule has 1 fully saturated rings. The molecule has 170 valence electrons. The number of ether oxygens (including phenoxy) is 2. The van der Waals surface area contributed by atoms with Crippen LogP contribution in [0.25, 0.3) is 11.0 Å². The molecule has 2 heterocycles. The van der Waals surface area contributed by atoms with Crippen molar-refractivity contribution in [3.8, 4) is 11.5 Å². The molecule has 4 rings (SSSR count). The zero-order chi connectivity index (χ0) is 22.7. The summed E-state index contributed by atoms with van der Waals surface area (Å²) in [4.78, 5) is 29.0. The molecule has 0 atom stereocenters. The highest BCUT2D eigenvalue weighted by molar-refractivity contribution is 5.92. The highest BCUT2D eigenvalue weighted by atomic mass is 16.5. The summed E-state index contributed by atoms with van der Waals surface area (Å²) >= 11 is 0. The van der Waals surface area contributed by atoms with Crippen LogP contribution in [0.1, 0.15) is 48.1 Å². The maximum atomic E-state index is 12.6. The Hall–Kier alpha value is -3.26. The van der Waals surface area contributed by atoms with E-state index in [0.717, 1.165) is 55.9 Å². The van der Waals surface area contributed by atoms with E-state index >= 15 is 0 Å². The molecule has 0 radical (unpaired) electrons. The Balaban J connectivity index is 1.44. The maximum absolute atomic E-state index is 12.6. The fourth-order valence-corrected chi connectivity index (χ4v) is 4.36. The number of hydrogen-bond acceptors (Lipinski definition) is 5. The van der Waals surface area contributed by atoms with Gasteiger partial charge in [0.2, 0.25) is 0 Å². The Morgan fingerprint density at radius 3 is 2.62 bits per heavy atom. The summed E-state index contributed by atoms with van der Waals surface area (Å²) in [6.45, 7) is 5.27. The Morgan fingerprint density at radius 2 is 1.94 bits per heavy atom. The monoisotopic (exact) mass is 439 g/mol. The van der Waals surface area contributed by atoms with Crippen molar-refractivity contribution in [2.45, 2.75) is 38.8 Å². The highest BCUT2D eigenvalue weighted by Crippen LogP contribution is 2.30. The number of methoxy groups -OCH3 is 1. The molecule has 0 spiro atoms. The lowest BCUT2D eigenvalue weighted by molar-refractivity contribution is 0.0697. The number of benzene rings is 2. The minimum atomic E-state index is -1.00. The third-order valence-corrected chi connectivity index (χ3v) is 5.98. The van der Waals surface area contributed by atoms with Crippen LogP contribution < -0.4 is 15.2 Å². The van der Waals surface area contributed by atoms with E-state index in [-0.39, 0.29) is 17.3 Å². The van der Waals surface area contributed by atoms with Crippen LogP contribution >= 0.6 is 0 Å². The number of rotatable bonds is 8. The first-order valence-electron chi connectivity index (χ1n) is 11.0. The lowest BCUT2D eigenvalue weighted by Gasteiger charge is -2.32. The van der Waals surface area contributed by atoms with Crippen molar-refractivity contribution >= 4 is 17.0 Å². The van der Waals surface area contributed by atoms with Gasteiger partial charge < -0.3 is 19.6 Å². The van der Waals surface area contributed by atoms with E-state index in [0.29, 0.717) is 12.1 Å². The number of piperidine rings is 1. The average Bonchev–Trinajstić information content (AvgIpc) is 3.13. The van der Waals surface area contributed by atoms with Crippen molar-refractivity contribution in [1.82, 2.24) is 14.5 Å². The molecule has 0 amide bonds. The number of imidazole rings is 1. The second-order valence-electron chi connectivity index (χ2n) is 8.18. The quantitative estimate of drug-likeness (QED) is 0.556. The van der Waals surface area contributed by atoms with E-state index < -0.39 is 5.97 Å². The van der Waals surface area contributed by atoms with Crippen molar-refractivity contribution in [2.75, 3.05) is 26.8 Å². The second kappa shape index (κ2) is 9.48. The second-order valence-corrected chi connectivity index (χ2v) is 8.18. The zero-order valence-electron chi connectivity index (χ0n) is 18.5. The third-order valence-electron chi connectivity index (χ3n) is 5.98. The normalized spacial score (nSPS) is 15.2. The fraction of sp³-hybridized carbons (Fsp3) is 0.417. The van der Waals surface area contributed by atoms with Crippen LogP contribution in [0.3, 0.4) is 0 Å². The molecule has 0 aliphatic carbocycles. The summed E-state index contributed by atoms with van der Waals surface area (Å²) in [7, 11) is 1.65. The van der Waals surface area contributed by atoms with E-state index in [1.165, 1.54) is 11.6 Å². The molecule has 0 bridgehead atoms. The van der Waals surface area contributed by atoms with Gasteiger partial charge in [-0.2, -0.15) is 0 Å². The molecule has 8 nitrogen and oxygen atoms in total. The number of aromatic amines is 1. The summed E-state index contributed by atoms with van der Waals surface area (Å²) in [6, 6.07) is 10.9. The average molecular weight is 440 g/mol. The number of carbonyl (C=O) groups is 1. The van der Waals surface area contributed by atoms with Gasteiger partial charge in [0.15, 0.2) is 11.5 Å². The van der Waals surface area contributed by atoms with Crippen molar-refractivity contribution < 1.29 is 19.4 Å². The first-order chi connectivity index (χ1) is 15.5. The smallest absolute Gasteiger partial charge is 0.335 e. The summed E-state index contributed by atoms with van der Waals surface area (Å²) in [5.74, 6) is 0.508. The summed E-state index contributed by atoms with van der Waals surface area (Å²) in [5, 5.41) is 9.19. The predicted octanol–water partition coefficient (Wildman–Crippen LogP) is 3.66. The molecule has 32 heavy (non-hydrogen) atoms. The highest BCUT2D eigenvalue weighted by Gasteiger charge is 2.24. The molecule has 8 heteroatoms. The number of hydrogen-bond donors (Lipinski definition) is 2. The molecule has 2 N–H and O–H groups in total. The summed E-state index contributed by atoms with van der Waals surface area (Å²) in [6.07, 6.45) is 2.64. The van der Waals surface area contributed by atoms with E-state index in [1.807, 2.05) is 12.1 Å². The van der Waals surface area contributed by atoms with Crippen LogP contribution in [0.4, 0.5) is 0 Å². The van der Waals surface area contributed by atoms with Gasteiger partial charge in [-0.25, -0.2) is 9.59 Å². The van der Waals surface area contributed by atoms with Crippen LogP contribution in [0.5, 0.6) is 11.5 Å². The van der Waals surface area contributed by atoms with Crippen molar-refractivity contribution in [1.29, 1.82) is 0 Å². The first kappa shape index (κ1) is 22.0. The lowest BCUT2D eigenvalue weighted by atomic mass is 10.0.